The lowest BCUT2D eigenvalue weighted by molar-refractivity contribution is 0.0285. The van der Waals surface area contributed by atoms with Gasteiger partial charge < -0.3 is 19.3 Å². The Labute approximate surface area is 120 Å². The monoisotopic (exact) mass is 281 g/mol. The molecule has 1 fully saturated rings. The van der Waals surface area contributed by atoms with Gasteiger partial charge in [0, 0.05) is 20.2 Å². The Hall–Kier alpha value is -1.46. The molecule has 0 saturated carbocycles. The van der Waals surface area contributed by atoms with Crippen molar-refractivity contribution in [3.05, 3.63) is 17.7 Å². The van der Waals surface area contributed by atoms with Gasteiger partial charge in [0.05, 0.1) is 20.3 Å². The highest BCUT2D eigenvalue weighted by Gasteiger charge is 2.20. The molecular formula is C15H23NO4. The van der Waals surface area contributed by atoms with Crippen molar-refractivity contribution in [2.45, 2.75) is 25.5 Å². The number of nitrogens with zero attached hydrogens (tertiary/aromatic N) is 1. The normalized spacial score (nSPS) is 19.9. The number of hydrogen-bond acceptors (Lipinski definition) is 5. The predicted molar refractivity (Wildman–Crippen MR) is 76.5 cm³/mol. The largest absolute Gasteiger partial charge is 0.502 e. The fourth-order valence-corrected chi connectivity index (χ4v) is 2.65. The smallest absolute Gasteiger partial charge is 0.200 e. The number of hydrogen-bond donors (Lipinski definition) is 1. The third-order valence-corrected chi connectivity index (χ3v) is 3.74. The summed E-state index contributed by atoms with van der Waals surface area (Å²) in [4.78, 5) is 2.35. The number of methoxy groups -OCH3 is 3. The van der Waals surface area contributed by atoms with Crippen molar-refractivity contribution in [3.8, 4) is 17.2 Å². The molecule has 1 N–H and O–H groups in total. The number of phenolic OH excluding ortho intramolecular Hbond substituents is 1. The summed E-state index contributed by atoms with van der Waals surface area (Å²) in [5.41, 5.74) is 1.06. The van der Waals surface area contributed by atoms with Crippen LogP contribution in [0, 0.1) is 0 Å². The van der Waals surface area contributed by atoms with Crippen LogP contribution in [0.25, 0.3) is 0 Å². The Morgan fingerprint density at radius 2 is 1.85 bits per heavy atom. The van der Waals surface area contributed by atoms with Crippen LogP contribution in [0.1, 0.15) is 18.4 Å². The van der Waals surface area contributed by atoms with E-state index in [0.29, 0.717) is 17.6 Å². The van der Waals surface area contributed by atoms with Crippen LogP contribution in [0.15, 0.2) is 12.1 Å². The molecule has 1 aromatic carbocycles. The minimum absolute atomic E-state index is 0.0483. The average Bonchev–Trinajstić information content (AvgIpc) is 2.49. The Morgan fingerprint density at radius 3 is 2.40 bits per heavy atom. The highest BCUT2D eigenvalue weighted by Crippen LogP contribution is 2.37. The molecule has 5 nitrogen and oxygen atoms in total. The lowest BCUT2D eigenvalue weighted by Crippen LogP contribution is -2.38. The first kappa shape index (κ1) is 14.9. The van der Waals surface area contributed by atoms with E-state index < -0.39 is 0 Å². The van der Waals surface area contributed by atoms with E-state index in [1.165, 1.54) is 0 Å². The van der Waals surface area contributed by atoms with Crippen molar-refractivity contribution in [1.82, 2.24) is 4.90 Å². The molecule has 0 radical (unpaired) electrons. The first-order valence-corrected chi connectivity index (χ1v) is 6.87. The van der Waals surface area contributed by atoms with Crippen molar-refractivity contribution in [1.29, 1.82) is 0 Å². The Morgan fingerprint density at radius 1 is 1.20 bits per heavy atom. The van der Waals surface area contributed by atoms with Gasteiger partial charge >= 0.3 is 0 Å². The second-order valence-corrected chi connectivity index (χ2v) is 5.08. The summed E-state index contributed by atoms with van der Waals surface area (Å²) >= 11 is 0. The molecule has 0 aromatic heterocycles. The topological polar surface area (TPSA) is 51.2 Å². The number of rotatable bonds is 5. The summed E-state index contributed by atoms with van der Waals surface area (Å²) in [6, 6.07) is 3.71. The molecule has 1 aliphatic heterocycles. The van der Waals surface area contributed by atoms with Gasteiger partial charge in [-0.3, -0.25) is 4.90 Å². The van der Waals surface area contributed by atoms with Crippen molar-refractivity contribution in [2.24, 2.45) is 0 Å². The Bertz CT molecular complexity index is 424. The maximum Gasteiger partial charge on any atom is 0.200 e. The molecule has 1 atom stereocenters. The zero-order valence-electron chi connectivity index (χ0n) is 12.4. The number of ether oxygens (including phenoxy) is 3. The molecule has 0 spiro atoms. The van der Waals surface area contributed by atoms with Gasteiger partial charge in [-0.05, 0) is 37.1 Å². The van der Waals surface area contributed by atoms with E-state index >= 15 is 0 Å². The fourth-order valence-electron chi connectivity index (χ4n) is 2.65. The summed E-state index contributed by atoms with van der Waals surface area (Å²) < 4.78 is 15.8. The third-order valence-electron chi connectivity index (χ3n) is 3.74. The van der Waals surface area contributed by atoms with Gasteiger partial charge in [0.25, 0.3) is 0 Å². The van der Waals surface area contributed by atoms with Gasteiger partial charge in [-0.25, -0.2) is 0 Å². The maximum atomic E-state index is 9.92. The lowest BCUT2D eigenvalue weighted by Gasteiger charge is -2.32. The standard InChI is InChI=1S/C15H23NO4/c1-18-12-5-4-6-16(10-12)9-11-7-13(19-2)15(17)14(8-11)20-3/h7-8,12,17H,4-6,9-10H2,1-3H3. The molecule has 20 heavy (non-hydrogen) atoms. The predicted octanol–water partition coefficient (Wildman–Crippen LogP) is 2.02. The highest BCUT2D eigenvalue weighted by atomic mass is 16.5. The molecule has 0 bridgehead atoms. The summed E-state index contributed by atoms with van der Waals surface area (Å²) in [5, 5.41) is 9.92. The van der Waals surface area contributed by atoms with E-state index in [1.807, 2.05) is 12.1 Å². The van der Waals surface area contributed by atoms with E-state index in [9.17, 15) is 5.11 Å². The molecule has 0 aliphatic carbocycles. The first-order chi connectivity index (χ1) is 9.67. The number of piperidine rings is 1. The molecule has 0 amide bonds. The number of aromatic hydroxyl groups is 1. The van der Waals surface area contributed by atoms with E-state index in [2.05, 4.69) is 4.90 Å². The Balaban J connectivity index is 2.12. The molecule has 5 heteroatoms. The van der Waals surface area contributed by atoms with Crippen LogP contribution < -0.4 is 9.47 Å². The van der Waals surface area contributed by atoms with Crippen LogP contribution in [0.2, 0.25) is 0 Å². The lowest BCUT2D eigenvalue weighted by atomic mass is 10.1. The van der Waals surface area contributed by atoms with E-state index in [1.54, 1.807) is 21.3 Å². The molecule has 2 rings (SSSR count). The molecule has 1 heterocycles. The molecule has 1 saturated heterocycles. The number of phenols is 1. The second kappa shape index (κ2) is 6.81. The first-order valence-electron chi connectivity index (χ1n) is 6.87. The van der Waals surface area contributed by atoms with Gasteiger partial charge in [-0.2, -0.15) is 0 Å². The van der Waals surface area contributed by atoms with Crippen molar-refractivity contribution < 1.29 is 19.3 Å². The fraction of sp³-hybridized carbons (Fsp3) is 0.600. The van der Waals surface area contributed by atoms with Gasteiger partial charge in [0.1, 0.15) is 0 Å². The van der Waals surface area contributed by atoms with Crippen molar-refractivity contribution in [3.63, 3.8) is 0 Å². The van der Waals surface area contributed by atoms with E-state index in [0.717, 1.165) is 38.0 Å². The quantitative estimate of drug-likeness (QED) is 0.895. The zero-order chi connectivity index (χ0) is 14.5. The SMILES string of the molecule is COc1cc(CN2CCCC(OC)C2)cc(OC)c1O. The van der Waals surface area contributed by atoms with Crippen LogP contribution in [0.5, 0.6) is 17.2 Å². The van der Waals surface area contributed by atoms with Crippen molar-refractivity contribution >= 4 is 0 Å². The van der Waals surface area contributed by atoms with Crippen LogP contribution in [-0.2, 0) is 11.3 Å². The van der Waals surface area contributed by atoms with Crippen LogP contribution >= 0.6 is 0 Å². The van der Waals surface area contributed by atoms with E-state index in [-0.39, 0.29) is 5.75 Å². The molecular weight excluding hydrogens is 258 g/mol. The van der Waals surface area contributed by atoms with Gasteiger partial charge in [-0.1, -0.05) is 0 Å². The second-order valence-electron chi connectivity index (χ2n) is 5.08. The number of likely N-dealkylation sites (tertiary alicyclic amines) is 1. The molecule has 1 aromatic rings. The summed E-state index contributed by atoms with van der Waals surface area (Å²) in [7, 11) is 4.85. The number of benzene rings is 1. The van der Waals surface area contributed by atoms with Crippen molar-refractivity contribution in [2.75, 3.05) is 34.4 Å². The van der Waals surface area contributed by atoms with Crippen LogP contribution in [0.4, 0.5) is 0 Å². The van der Waals surface area contributed by atoms with Gasteiger partial charge in [0.2, 0.25) is 5.75 Å². The van der Waals surface area contributed by atoms with E-state index in [4.69, 9.17) is 14.2 Å². The maximum absolute atomic E-state index is 9.92. The van der Waals surface area contributed by atoms with Gasteiger partial charge in [-0.15, -0.1) is 0 Å². The Kier molecular flexibility index (Phi) is 5.09. The van der Waals surface area contributed by atoms with Crippen LogP contribution in [0.3, 0.4) is 0 Å². The summed E-state index contributed by atoms with van der Waals surface area (Å²) in [6.07, 6.45) is 2.57. The summed E-state index contributed by atoms with van der Waals surface area (Å²) in [6.45, 7) is 2.79. The zero-order valence-corrected chi connectivity index (χ0v) is 12.4. The average molecular weight is 281 g/mol. The third kappa shape index (κ3) is 3.35. The minimum atomic E-state index is 0.0483. The van der Waals surface area contributed by atoms with Gasteiger partial charge in [0.15, 0.2) is 11.5 Å². The van der Waals surface area contributed by atoms with Crippen LogP contribution in [-0.4, -0.2) is 50.5 Å². The molecule has 112 valence electrons. The molecule has 1 unspecified atom stereocenters. The summed E-state index contributed by atoms with van der Waals surface area (Å²) in [5.74, 6) is 0.937. The highest BCUT2D eigenvalue weighted by molar-refractivity contribution is 5.52. The molecule has 1 aliphatic rings. The minimum Gasteiger partial charge on any atom is -0.502 e.